The van der Waals surface area contributed by atoms with Crippen LogP contribution in [0.1, 0.15) is 90.4 Å². The van der Waals surface area contributed by atoms with Gasteiger partial charge in [0.15, 0.2) is 0 Å². The maximum Gasteiger partial charge on any atom is 0.305 e. The first kappa shape index (κ1) is 23.2. The zero-order valence-electron chi connectivity index (χ0n) is 16.5. The predicted molar refractivity (Wildman–Crippen MR) is 104 cm³/mol. The van der Waals surface area contributed by atoms with E-state index in [2.05, 4.69) is 19.1 Å². The van der Waals surface area contributed by atoms with Crippen LogP contribution in [-0.4, -0.2) is 38.1 Å². The number of nitrogens with zero attached hydrogens (tertiary/aromatic N) is 1. The molecule has 0 N–H and O–H groups in total. The van der Waals surface area contributed by atoms with Crippen LogP contribution >= 0.6 is 0 Å². The first-order valence-corrected chi connectivity index (χ1v) is 10.1. The van der Waals surface area contributed by atoms with E-state index in [1.54, 1.807) is 0 Å². The Bertz CT molecular complexity index is 300. The van der Waals surface area contributed by atoms with E-state index in [1.165, 1.54) is 64.2 Å². The van der Waals surface area contributed by atoms with Gasteiger partial charge in [0.05, 0.1) is 0 Å². The molecule has 0 aromatic carbocycles. The third kappa shape index (κ3) is 19.2. The fraction of sp³-hybridized carbons (Fsp3) is 0.857. The molecule has 0 atom stereocenters. The van der Waals surface area contributed by atoms with Crippen LogP contribution in [0, 0.1) is 0 Å². The summed E-state index contributed by atoms with van der Waals surface area (Å²) in [6.07, 6.45) is 20.5. The molecule has 0 aromatic heterocycles. The van der Waals surface area contributed by atoms with Crippen molar-refractivity contribution in [2.75, 3.05) is 27.2 Å². The lowest BCUT2D eigenvalue weighted by atomic mass is 10.1. The highest BCUT2D eigenvalue weighted by Crippen LogP contribution is 2.09. The second-order valence-corrected chi connectivity index (χ2v) is 7.00. The summed E-state index contributed by atoms with van der Waals surface area (Å²) < 4.78 is 5.18. The van der Waals surface area contributed by atoms with E-state index in [0.29, 0.717) is 13.0 Å². The molecule has 3 nitrogen and oxygen atoms in total. The molecule has 0 aromatic rings. The molecular weight excluding hydrogens is 298 g/mol. The summed E-state index contributed by atoms with van der Waals surface area (Å²) in [6.45, 7) is 3.58. The highest BCUT2D eigenvalue weighted by atomic mass is 16.5. The number of likely N-dealkylation sites (N-methyl/N-ethyl adjacent to an activating group) is 1. The number of carbonyl (C=O) groups excluding carboxylic acids is 1. The Labute approximate surface area is 150 Å². The quantitative estimate of drug-likeness (QED) is 0.192. The Hall–Kier alpha value is -0.830. The average Bonchev–Trinajstić information content (AvgIpc) is 2.55. The van der Waals surface area contributed by atoms with Crippen molar-refractivity contribution in [3.05, 3.63) is 12.2 Å². The summed E-state index contributed by atoms with van der Waals surface area (Å²) in [5.74, 6) is -0.0429. The van der Waals surface area contributed by atoms with Gasteiger partial charge in [-0.15, -0.1) is 0 Å². The van der Waals surface area contributed by atoms with Crippen molar-refractivity contribution in [3.63, 3.8) is 0 Å². The molecule has 0 spiro atoms. The lowest BCUT2D eigenvalue weighted by Crippen LogP contribution is -2.20. The average molecular weight is 340 g/mol. The van der Waals surface area contributed by atoms with E-state index in [0.717, 1.165) is 19.4 Å². The molecule has 142 valence electrons. The number of carbonyl (C=O) groups is 1. The summed E-state index contributed by atoms with van der Waals surface area (Å²) >= 11 is 0. The van der Waals surface area contributed by atoms with E-state index in [4.69, 9.17) is 4.74 Å². The number of hydrogen-bond acceptors (Lipinski definition) is 3. The van der Waals surface area contributed by atoms with Crippen molar-refractivity contribution < 1.29 is 9.53 Å². The maximum absolute atomic E-state index is 11.5. The Morgan fingerprint density at radius 3 is 1.96 bits per heavy atom. The van der Waals surface area contributed by atoms with Gasteiger partial charge in [0.25, 0.3) is 0 Å². The van der Waals surface area contributed by atoms with E-state index in [-0.39, 0.29) is 5.97 Å². The summed E-state index contributed by atoms with van der Waals surface area (Å²) in [5.41, 5.74) is 0. The molecular formula is C21H41NO2. The van der Waals surface area contributed by atoms with Gasteiger partial charge in [0.1, 0.15) is 6.61 Å². The zero-order valence-corrected chi connectivity index (χ0v) is 16.5. The van der Waals surface area contributed by atoms with Crippen LogP contribution in [0.5, 0.6) is 0 Å². The predicted octanol–water partition coefficient (Wildman–Crippen LogP) is 5.74. The molecule has 0 heterocycles. The fourth-order valence-corrected chi connectivity index (χ4v) is 2.58. The Morgan fingerprint density at radius 2 is 1.38 bits per heavy atom. The normalized spacial score (nSPS) is 11.5. The highest BCUT2D eigenvalue weighted by molar-refractivity contribution is 5.69. The molecule has 0 amide bonds. The Balaban J connectivity index is 3.20. The van der Waals surface area contributed by atoms with Crippen LogP contribution in [0.3, 0.4) is 0 Å². The van der Waals surface area contributed by atoms with Gasteiger partial charge >= 0.3 is 5.97 Å². The molecule has 0 rings (SSSR count). The molecule has 0 aliphatic carbocycles. The first-order valence-electron chi connectivity index (χ1n) is 10.1. The van der Waals surface area contributed by atoms with Crippen molar-refractivity contribution in [2.45, 2.75) is 90.4 Å². The van der Waals surface area contributed by atoms with Crippen LogP contribution in [0.4, 0.5) is 0 Å². The van der Waals surface area contributed by atoms with Crippen LogP contribution in [-0.2, 0) is 9.53 Å². The number of hydrogen-bond donors (Lipinski definition) is 0. The maximum atomic E-state index is 11.5. The highest BCUT2D eigenvalue weighted by Gasteiger charge is 2.02. The smallest absolute Gasteiger partial charge is 0.305 e. The third-order valence-electron chi connectivity index (χ3n) is 4.19. The van der Waals surface area contributed by atoms with Crippen molar-refractivity contribution in [2.24, 2.45) is 0 Å². The largest absolute Gasteiger partial charge is 0.464 e. The zero-order chi connectivity index (χ0) is 17.9. The number of ether oxygens (including phenoxy) is 1. The fourth-order valence-electron chi connectivity index (χ4n) is 2.58. The summed E-state index contributed by atoms with van der Waals surface area (Å²) in [4.78, 5) is 13.5. The molecule has 0 unspecified atom stereocenters. The second kappa shape index (κ2) is 18.5. The standard InChI is InChI=1S/C21H41NO2/c1-4-5-6-7-8-9-10-11-12-13-14-15-16-17-18-21(23)24-20-19-22(2)3/h10-11H,4-9,12-20H2,1-3H3/b11-10-. The summed E-state index contributed by atoms with van der Waals surface area (Å²) in [7, 11) is 3.97. The molecule has 0 fully saturated rings. The first-order chi connectivity index (χ1) is 11.7. The number of esters is 1. The van der Waals surface area contributed by atoms with Gasteiger partial charge in [-0.05, 0) is 46.2 Å². The van der Waals surface area contributed by atoms with Gasteiger partial charge in [-0.25, -0.2) is 0 Å². The van der Waals surface area contributed by atoms with E-state index < -0.39 is 0 Å². The SMILES string of the molecule is CCCCCCC/C=C\CCCCCCCC(=O)OCCN(C)C. The van der Waals surface area contributed by atoms with Crippen LogP contribution in [0.2, 0.25) is 0 Å². The van der Waals surface area contributed by atoms with Crippen LogP contribution in [0.15, 0.2) is 12.2 Å². The van der Waals surface area contributed by atoms with Crippen molar-refractivity contribution >= 4 is 5.97 Å². The van der Waals surface area contributed by atoms with Crippen LogP contribution in [0.25, 0.3) is 0 Å². The lowest BCUT2D eigenvalue weighted by molar-refractivity contribution is -0.144. The minimum absolute atomic E-state index is 0.0429. The number of rotatable bonds is 17. The van der Waals surface area contributed by atoms with E-state index in [9.17, 15) is 4.79 Å². The van der Waals surface area contributed by atoms with E-state index >= 15 is 0 Å². The minimum Gasteiger partial charge on any atom is -0.464 e. The Kier molecular flexibility index (Phi) is 17.9. The van der Waals surface area contributed by atoms with Gasteiger partial charge in [-0.1, -0.05) is 64.0 Å². The summed E-state index contributed by atoms with van der Waals surface area (Å²) in [6, 6.07) is 0. The van der Waals surface area contributed by atoms with Gasteiger partial charge < -0.3 is 9.64 Å². The molecule has 0 saturated carbocycles. The lowest BCUT2D eigenvalue weighted by Gasteiger charge is -2.09. The Morgan fingerprint density at radius 1 is 0.833 bits per heavy atom. The number of unbranched alkanes of at least 4 members (excludes halogenated alkanes) is 10. The van der Waals surface area contributed by atoms with Crippen molar-refractivity contribution in [3.8, 4) is 0 Å². The summed E-state index contributed by atoms with van der Waals surface area (Å²) in [5, 5.41) is 0. The molecule has 24 heavy (non-hydrogen) atoms. The van der Waals surface area contributed by atoms with Crippen molar-refractivity contribution in [1.82, 2.24) is 4.90 Å². The second-order valence-electron chi connectivity index (χ2n) is 7.00. The topological polar surface area (TPSA) is 29.5 Å². The molecule has 3 heteroatoms. The monoisotopic (exact) mass is 339 g/mol. The minimum atomic E-state index is -0.0429. The molecule has 0 bridgehead atoms. The van der Waals surface area contributed by atoms with E-state index in [1.807, 2.05) is 19.0 Å². The molecule has 0 aliphatic rings. The van der Waals surface area contributed by atoms with Gasteiger partial charge in [-0.3, -0.25) is 4.79 Å². The van der Waals surface area contributed by atoms with Gasteiger partial charge in [0, 0.05) is 13.0 Å². The van der Waals surface area contributed by atoms with Crippen molar-refractivity contribution in [1.29, 1.82) is 0 Å². The van der Waals surface area contributed by atoms with Crippen LogP contribution < -0.4 is 0 Å². The molecule has 0 aliphatic heterocycles. The molecule has 0 radical (unpaired) electrons. The third-order valence-corrected chi connectivity index (χ3v) is 4.19. The molecule has 0 saturated heterocycles. The van der Waals surface area contributed by atoms with Gasteiger partial charge in [-0.2, -0.15) is 0 Å². The van der Waals surface area contributed by atoms with Gasteiger partial charge in [0.2, 0.25) is 0 Å². The number of allylic oxidation sites excluding steroid dienone is 2.